The molecule has 7 nitrogen and oxygen atoms in total. The molecule has 0 atom stereocenters. The topological polar surface area (TPSA) is 111 Å². The number of carbonyl (C=O) groups excluding carboxylic acids is 1. The quantitative estimate of drug-likeness (QED) is 0.347. The average Bonchev–Trinajstić information content (AvgIpc) is 3.28. The molecule has 1 amide bonds. The van der Waals surface area contributed by atoms with Crippen LogP contribution in [0.25, 0.3) is 39.0 Å². The van der Waals surface area contributed by atoms with E-state index in [2.05, 4.69) is 9.97 Å². The third kappa shape index (κ3) is 3.83. The molecular weight excluding hydrogens is 495 g/mol. The maximum atomic E-state index is 14.2. The number of aromatic nitrogens is 3. The van der Waals surface area contributed by atoms with Crippen LogP contribution in [0.15, 0.2) is 71.9 Å². The molecule has 0 aliphatic heterocycles. The summed E-state index contributed by atoms with van der Waals surface area (Å²) in [5.41, 5.74) is 11.7. The van der Waals surface area contributed by atoms with Crippen LogP contribution in [-0.2, 0) is 12.0 Å². The van der Waals surface area contributed by atoms with Crippen LogP contribution in [-0.4, -0.2) is 25.5 Å². The Morgan fingerprint density at radius 1 is 1.08 bits per heavy atom. The molecule has 3 N–H and O–H groups in total. The highest BCUT2D eigenvalue weighted by molar-refractivity contribution is 6.00. The number of pyridine rings is 1. The maximum Gasteiger partial charge on any atom is 0.265 e. The lowest BCUT2D eigenvalue weighted by Crippen LogP contribution is -2.20. The molecule has 0 spiro atoms. The lowest BCUT2D eigenvalue weighted by Gasteiger charge is -2.19. The van der Waals surface area contributed by atoms with Gasteiger partial charge in [-0.25, -0.2) is 9.37 Å². The Balaban J connectivity index is 1.57. The molecule has 8 heteroatoms. The third-order valence-electron chi connectivity index (χ3n) is 7.46. The summed E-state index contributed by atoms with van der Waals surface area (Å²) in [5.74, 6) is -1.12. The molecule has 0 saturated carbocycles. The van der Waals surface area contributed by atoms with Gasteiger partial charge in [-0.05, 0) is 73.2 Å². The minimum Gasteiger partial charge on any atom is -0.386 e. The van der Waals surface area contributed by atoms with Crippen LogP contribution in [0.4, 0.5) is 4.39 Å². The van der Waals surface area contributed by atoms with Crippen molar-refractivity contribution in [3.8, 4) is 28.1 Å². The maximum absolute atomic E-state index is 14.2. The summed E-state index contributed by atoms with van der Waals surface area (Å²) in [4.78, 5) is 34.6. The van der Waals surface area contributed by atoms with Gasteiger partial charge in [0.15, 0.2) is 0 Å². The van der Waals surface area contributed by atoms with Crippen LogP contribution in [0.1, 0.15) is 46.5 Å². The van der Waals surface area contributed by atoms with Gasteiger partial charge in [-0.3, -0.25) is 19.1 Å². The van der Waals surface area contributed by atoms with Gasteiger partial charge in [-0.15, -0.1) is 0 Å². The van der Waals surface area contributed by atoms with Crippen molar-refractivity contribution < 1.29 is 14.3 Å². The summed E-state index contributed by atoms with van der Waals surface area (Å²) in [5, 5.41) is 10.7. The fraction of sp³-hybridized carbons (Fsp3) is 0.161. The van der Waals surface area contributed by atoms with E-state index in [0.29, 0.717) is 23.4 Å². The molecular formula is C31H25FN4O3. The van der Waals surface area contributed by atoms with Crippen molar-refractivity contribution in [2.45, 2.75) is 32.8 Å². The number of nitrogens with zero attached hydrogens (tertiary/aromatic N) is 3. The molecule has 39 heavy (non-hydrogen) atoms. The van der Waals surface area contributed by atoms with Crippen LogP contribution in [0.5, 0.6) is 0 Å². The van der Waals surface area contributed by atoms with E-state index in [0.717, 1.165) is 38.9 Å². The lowest BCUT2D eigenvalue weighted by atomic mass is 9.92. The minimum atomic E-state index is -1.02. The second kappa shape index (κ2) is 8.68. The number of hydrogen-bond acceptors (Lipinski definition) is 5. The van der Waals surface area contributed by atoms with Gasteiger partial charge in [0.25, 0.3) is 11.5 Å². The zero-order chi connectivity index (χ0) is 27.6. The van der Waals surface area contributed by atoms with Crippen molar-refractivity contribution in [1.82, 2.24) is 14.5 Å². The van der Waals surface area contributed by atoms with E-state index in [9.17, 15) is 19.1 Å². The Hall–Kier alpha value is -4.69. The van der Waals surface area contributed by atoms with E-state index in [1.807, 2.05) is 37.3 Å². The van der Waals surface area contributed by atoms with Crippen LogP contribution in [0.3, 0.4) is 0 Å². The molecule has 6 rings (SSSR count). The Morgan fingerprint density at radius 2 is 1.85 bits per heavy atom. The summed E-state index contributed by atoms with van der Waals surface area (Å²) in [6.45, 7) is 5.34. The monoisotopic (exact) mass is 520 g/mol. The van der Waals surface area contributed by atoms with Gasteiger partial charge < -0.3 is 10.8 Å². The Morgan fingerprint density at radius 3 is 2.59 bits per heavy atom. The summed E-state index contributed by atoms with van der Waals surface area (Å²) in [6, 6.07) is 15.6. The summed E-state index contributed by atoms with van der Waals surface area (Å²) in [7, 11) is 0. The molecule has 0 saturated heterocycles. The molecule has 0 fully saturated rings. The van der Waals surface area contributed by atoms with Gasteiger partial charge in [-0.2, -0.15) is 0 Å². The second-order valence-electron chi connectivity index (χ2n) is 10.4. The van der Waals surface area contributed by atoms with Gasteiger partial charge >= 0.3 is 0 Å². The SMILES string of the molecule is Cc1c(-c2ncc(C(N)=O)c3c2-c2ccc(C(C)(C)O)cc2C3)cccc1-n1cnc2c(F)cccc2c1=O. The van der Waals surface area contributed by atoms with E-state index in [4.69, 9.17) is 5.73 Å². The summed E-state index contributed by atoms with van der Waals surface area (Å²) < 4.78 is 15.6. The first-order chi connectivity index (χ1) is 18.6. The van der Waals surface area contributed by atoms with Gasteiger partial charge in [0.1, 0.15) is 17.7 Å². The first kappa shape index (κ1) is 24.6. The summed E-state index contributed by atoms with van der Waals surface area (Å²) in [6.07, 6.45) is 3.31. The lowest BCUT2D eigenvalue weighted by molar-refractivity contribution is 0.0785. The molecule has 2 heterocycles. The Labute approximate surface area is 223 Å². The van der Waals surface area contributed by atoms with E-state index in [1.54, 1.807) is 26.0 Å². The minimum absolute atomic E-state index is 0.0242. The largest absolute Gasteiger partial charge is 0.386 e. The van der Waals surface area contributed by atoms with Crippen molar-refractivity contribution in [2.24, 2.45) is 5.73 Å². The number of benzene rings is 3. The van der Waals surface area contributed by atoms with E-state index in [1.165, 1.54) is 29.2 Å². The predicted molar refractivity (Wildman–Crippen MR) is 147 cm³/mol. The standard InChI is InChI=1S/C31H25FN4O3/c1-16-19(6-5-9-25(16)36-15-35-27-21(30(36)38)7-4-8-24(27)32)28-26-20-11-10-18(31(2,3)39)12-17(20)13-22(26)23(14-34-28)29(33)37/h4-12,14-15,39H,13H2,1-3H3,(H2,33,37). The zero-order valence-electron chi connectivity index (χ0n) is 21.6. The number of amides is 1. The zero-order valence-corrected chi connectivity index (χ0v) is 21.6. The molecule has 0 unspecified atom stereocenters. The number of rotatable bonds is 4. The molecule has 0 bridgehead atoms. The average molecular weight is 521 g/mol. The van der Waals surface area contributed by atoms with Crippen molar-refractivity contribution in [3.63, 3.8) is 0 Å². The normalized spacial score (nSPS) is 12.4. The number of halogens is 1. The fourth-order valence-electron chi connectivity index (χ4n) is 5.42. The van der Waals surface area contributed by atoms with Crippen LogP contribution in [0.2, 0.25) is 0 Å². The number of primary amides is 1. The van der Waals surface area contributed by atoms with Crippen LogP contribution < -0.4 is 11.3 Å². The van der Waals surface area contributed by atoms with Gasteiger partial charge in [0, 0.05) is 17.3 Å². The first-order valence-corrected chi connectivity index (χ1v) is 12.5. The highest BCUT2D eigenvalue weighted by atomic mass is 19.1. The number of aliphatic hydroxyl groups is 1. The molecule has 2 aromatic heterocycles. The molecule has 1 aliphatic rings. The molecule has 0 radical (unpaired) electrons. The molecule has 3 aromatic carbocycles. The Bertz CT molecular complexity index is 1900. The fourth-order valence-corrected chi connectivity index (χ4v) is 5.42. The predicted octanol–water partition coefficient (Wildman–Crippen LogP) is 4.79. The summed E-state index contributed by atoms with van der Waals surface area (Å²) >= 11 is 0. The second-order valence-corrected chi connectivity index (χ2v) is 10.4. The van der Waals surface area contributed by atoms with Crippen LogP contribution in [0, 0.1) is 12.7 Å². The van der Waals surface area contributed by atoms with E-state index in [-0.39, 0.29) is 16.5 Å². The smallest absolute Gasteiger partial charge is 0.265 e. The number of hydrogen-bond donors (Lipinski definition) is 2. The van der Waals surface area contributed by atoms with E-state index >= 15 is 0 Å². The highest BCUT2D eigenvalue weighted by Crippen LogP contribution is 2.45. The highest BCUT2D eigenvalue weighted by Gasteiger charge is 2.30. The van der Waals surface area contributed by atoms with Crippen molar-refractivity contribution in [2.75, 3.05) is 0 Å². The van der Waals surface area contributed by atoms with Crippen LogP contribution >= 0.6 is 0 Å². The molecule has 194 valence electrons. The van der Waals surface area contributed by atoms with E-state index < -0.39 is 17.3 Å². The number of nitrogens with two attached hydrogens (primary N) is 1. The third-order valence-corrected chi connectivity index (χ3v) is 7.46. The number of fused-ring (bicyclic) bond motifs is 4. The van der Waals surface area contributed by atoms with Crippen molar-refractivity contribution in [1.29, 1.82) is 0 Å². The van der Waals surface area contributed by atoms with Gasteiger partial charge in [0.05, 0.1) is 27.9 Å². The van der Waals surface area contributed by atoms with Crippen molar-refractivity contribution >= 4 is 16.8 Å². The Kier molecular flexibility index (Phi) is 5.48. The molecule has 5 aromatic rings. The first-order valence-electron chi connectivity index (χ1n) is 12.5. The van der Waals surface area contributed by atoms with Gasteiger partial charge in [-0.1, -0.05) is 36.4 Å². The van der Waals surface area contributed by atoms with Crippen molar-refractivity contribution in [3.05, 3.63) is 111 Å². The number of carbonyl (C=O) groups is 1. The molecule has 1 aliphatic carbocycles. The number of para-hydroxylation sites is 1. The van der Waals surface area contributed by atoms with Gasteiger partial charge in [0.2, 0.25) is 0 Å².